The summed E-state index contributed by atoms with van der Waals surface area (Å²) >= 11 is 0. The molecule has 0 saturated carbocycles. The van der Waals surface area contributed by atoms with Crippen molar-refractivity contribution >= 4 is 118 Å². The van der Waals surface area contributed by atoms with Crippen LogP contribution in [0.2, 0.25) is 0 Å². The predicted octanol–water partition coefficient (Wildman–Crippen LogP) is -7.46. The third-order valence-corrected chi connectivity index (χ3v) is 18.9. The number of carbonyl (C=O) groups is 19. The van der Waals surface area contributed by atoms with Crippen LogP contribution in [0.5, 0.6) is 0 Å². The molecule has 23 N–H and O–H groups in total. The lowest BCUT2D eigenvalue weighted by molar-refractivity contribution is -0.151. The SMILES string of the molecule is CC(C)C[C@H](NC(=O)CNC(=O)[C@H](C)NC(=O)[C@H](CC(=O)O)NC(=O)[C@H](CC(=O)O)NC(=O)[C@H](C)NC(=O)[C@@H]1CCCN1C(=O)[C@H](CCCCN)NC(=O)CNC(=O)[C@@H]1CCCN1C(=O)[C@@H]1CCCN1C(=O)[C@@H]1CCCN1C(=O)[C@H](CCC(=O)O)NC(=O)CN)C(=O)N[C@H](C(=O)N[C@@H](CCCNC(=N)N)C(=O)O)C(C)C. The lowest BCUT2D eigenvalue weighted by Gasteiger charge is -2.35. The fourth-order valence-electron chi connectivity index (χ4n) is 13.2. The second-order valence-corrected chi connectivity index (χ2v) is 28.5. The van der Waals surface area contributed by atoms with E-state index in [1.165, 1.54) is 19.6 Å². The molecule has 4 heterocycles. The Balaban J connectivity index is 1.34. The van der Waals surface area contributed by atoms with E-state index < -0.39 is 236 Å². The zero-order valence-electron chi connectivity index (χ0n) is 63.3. The Bertz CT molecular complexity index is 3420. The van der Waals surface area contributed by atoms with Gasteiger partial charge in [0.2, 0.25) is 88.6 Å². The Labute approximate surface area is 640 Å². The van der Waals surface area contributed by atoms with Gasteiger partial charge in [0.05, 0.1) is 32.5 Å². The minimum atomic E-state index is -2.04. The normalized spacial score (nSPS) is 19.0. The lowest BCUT2D eigenvalue weighted by Crippen LogP contribution is -2.59. The number of hydrogen-bond acceptors (Lipinski definition) is 22. The fraction of sp³-hybridized carbons (Fsp3) is 0.706. The van der Waals surface area contributed by atoms with Gasteiger partial charge >= 0.3 is 23.9 Å². The van der Waals surface area contributed by atoms with E-state index in [0.29, 0.717) is 32.1 Å². The first kappa shape index (κ1) is 92.5. The van der Waals surface area contributed by atoms with E-state index in [1.54, 1.807) is 27.7 Å². The molecule has 0 aromatic carbocycles. The number of unbranched alkanes of at least 4 members (excludes halogenated alkanes) is 1. The van der Waals surface area contributed by atoms with E-state index in [9.17, 15) is 112 Å². The van der Waals surface area contributed by atoms with E-state index in [4.69, 9.17) is 22.6 Å². The molecule has 43 nitrogen and oxygen atoms in total. The van der Waals surface area contributed by atoms with Gasteiger partial charge < -0.3 is 121 Å². The maximum atomic E-state index is 14.4. The number of likely N-dealkylation sites (tertiary alicyclic amines) is 4. The molecular weight excluding hydrogens is 1460 g/mol. The molecule has 0 aliphatic carbocycles. The van der Waals surface area contributed by atoms with Crippen molar-refractivity contribution in [1.29, 1.82) is 5.41 Å². The quantitative estimate of drug-likeness (QED) is 0.0153. The summed E-state index contributed by atoms with van der Waals surface area (Å²) in [5.41, 5.74) is 16.5. The van der Waals surface area contributed by atoms with Crippen LogP contribution in [-0.2, 0) is 91.1 Å². The number of hydrogen-bond donors (Lipinski definition) is 20. The van der Waals surface area contributed by atoms with Crippen LogP contribution in [0, 0.1) is 17.2 Å². The van der Waals surface area contributed by atoms with Gasteiger partial charge in [-0.3, -0.25) is 91.7 Å². The maximum Gasteiger partial charge on any atom is 0.326 e. The predicted molar refractivity (Wildman–Crippen MR) is 388 cm³/mol. The van der Waals surface area contributed by atoms with Crippen molar-refractivity contribution in [3.05, 3.63) is 0 Å². The highest BCUT2D eigenvalue weighted by molar-refractivity contribution is 6.01. The summed E-state index contributed by atoms with van der Waals surface area (Å²) in [5.74, 6) is -20.1. The third kappa shape index (κ3) is 29.5. The molecule has 0 spiro atoms. The van der Waals surface area contributed by atoms with E-state index in [1.807, 2.05) is 0 Å². The van der Waals surface area contributed by atoms with Crippen molar-refractivity contribution in [2.45, 2.75) is 236 Å². The lowest BCUT2D eigenvalue weighted by atomic mass is 9.99. The van der Waals surface area contributed by atoms with Gasteiger partial charge in [-0.2, -0.15) is 0 Å². The molecule has 13 atom stereocenters. The Morgan fingerprint density at radius 3 is 1.38 bits per heavy atom. The summed E-state index contributed by atoms with van der Waals surface area (Å²) in [6.45, 7) is 7.72. The van der Waals surface area contributed by atoms with Crippen molar-refractivity contribution in [1.82, 2.24) is 83.4 Å². The molecule has 0 radical (unpaired) electrons. The largest absolute Gasteiger partial charge is 0.481 e. The molecule has 15 amide bonds. The second kappa shape index (κ2) is 45.3. The van der Waals surface area contributed by atoms with Gasteiger partial charge in [-0.1, -0.05) is 27.7 Å². The van der Waals surface area contributed by atoms with E-state index in [0.717, 1.165) is 13.8 Å². The Morgan fingerprint density at radius 1 is 0.423 bits per heavy atom. The standard InChI is InChI=1S/C68H110N20O23/c1-34(2)28-41(59(102)84-54(35(3)4)62(105)81-40(67(110)111)15-9-23-73-68(71)72)80-50(91)32-74-55(98)36(5)76-57(100)42(29-52(94)95)83-58(101)43(30-53(96)97)82-56(99)37(6)77-61(104)45-17-11-24-85(45)63(106)38(14-7-8-22-69)79-49(90)33-75-60(103)44-16-10-25-86(44)65(108)47-19-13-27-88(47)66(109)46-18-12-26-87(46)64(107)39(20-21-51(92)93)78-48(89)31-70/h34-47,54H,7-33,69-70H2,1-6H3,(H,74,98)(H,75,103)(H,76,100)(H,77,104)(H,78,89)(H,79,90)(H,80,91)(H,81,105)(H,82,99)(H,83,101)(H,84,102)(H,92,93)(H,94,95)(H,96,97)(H,110,111)(H4,71,72,73)/t36-,37-,38-,39-,40-,41-,42-,43-,44-,45-,46-,47-,54-/m0/s1. The molecule has 0 aromatic heterocycles. The summed E-state index contributed by atoms with van der Waals surface area (Å²) in [6.07, 6.45) is 0.0699. The Kier molecular flexibility index (Phi) is 37.8. The van der Waals surface area contributed by atoms with Crippen LogP contribution in [-0.4, -0.2) is 296 Å². The Morgan fingerprint density at radius 2 is 0.865 bits per heavy atom. The zero-order valence-corrected chi connectivity index (χ0v) is 63.3. The molecule has 0 bridgehead atoms. The molecular formula is C68H110N20O23. The van der Waals surface area contributed by atoms with Crippen molar-refractivity contribution in [2.24, 2.45) is 29.0 Å². The van der Waals surface area contributed by atoms with Crippen LogP contribution in [0.3, 0.4) is 0 Å². The summed E-state index contributed by atoms with van der Waals surface area (Å²) in [4.78, 5) is 257. The van der Waals surface area contributed by atoms with Crippen LogP contribution in [0.15, 0.2) is 0 Å². The number of carboxylic acid groups (broad SMARTS) is 4. The second-order valence-electron chi connectivity index (χ2n) is 28.5. The number of nitrogens with two attached hydrogens (primary N) is 3. The van der Waals surface area contributed by atoms with Gasteiger partial charge in [-0.25, -0.2) is 4.79 Å². The van der Waals surface area contributed by atoms with E-state index >= 15 is 0 Å². The molecule has 0 aromatic rings. The molecule has 0 unspecified atom stereocenters. The highest BCUT2D eigenvalue weighted by atomic mass is 16.4. The number of guanidine groups is 1. The number of carbonyl (C=O) groups excluding carboxylic acids is 15. The zero-order chi connectivity index (χ0) is 83.1. The number of amides is 15. The molecule has 111 heavy (non-hydrogen) atoms. The fourth-order valence-corrected chi connectivity index (χ4v) is 13.2. The van der Waals surface area contributed by atoms with Gasteiger partial charge in [0.25, 0.3) is 0 Å². The van der Waals surface area contributed by atoms with Crippen molar-refractivity contribution in [3.8, 4) is 0 Å². The van der Waals surface area contributed by atoms with Crippen molar-refractivity contribution < 1.29 is 112 Å². The highest BCUT2D eigenvalue weighted by Crippen LogP contribution is 2.30. The third-order valence-electron chi connectivity index (χ3n) is 18.9. The number of carboxylic acids is 4. The molecule has 620 valence electrons. The first-order valence-electron chi connectivity index (χ1n) is 37.1. The van der Waals surface area contributed by atoms with Gasteiger partial charge in [-0.05, 0) is 129 Å². The summed E-state index contributed by atoms with van der Waals surface area (Å²) in [5, 5.41) is 74.4. The van der Waals surface area contributed by atoms with E-state index in [2.05, 4.69) is 63.8 Å². The minimum Gasteiger partial charge on any atom is -0.481 e. The van der Waals surface area contributed by atoms with Crippen LogP contribution >= 0.6 is 0 Å². The highest BCUT2D eigenvalue weighted by Gasteiger charge is 2.48. The van der Waals surface area contributed by atoms with Crippen molar-refractivity contribution in [2.75, 3.05) is 58.9 Å². The van der Waals surface area contributed by atoms with Gasteiger partial charge in [0.15, 0.2) is 5.96 Å². The maximum absolute atomic E-state index is 14.4. The number of rotatable bonds is 45. The van der Waals surface area contributed by atoms with Gasteiger partial charge in [0, 0.05) is 39.1 Å². The number of aliphatic carboxylic acids is 4. The van der Waals surface area contributed by atoms with Crippen LogP contribution < -0.4 is 81.0 Å². The first-order chi connectivity index (χ1) is 52.3. The molecule has 4 aliphatic heterocycles. The molecule has 4 aliphatic rings. The summed E-state index contributed by atoms with van der Waals surface area (Å²) < 4.78 is 0. The van der Waals surface area contributed by atoms with Crippen LogP contribution in [0.4, 0.5) is 0 Å². The molecule has 4 rings (SSSR count). The number of nitrogens with one attached hydrogen (secondary N) is 13. The topological polar surface area (TPSA) is 664 Å². The average molecular weight is 1580 g/mol. The monoisotopic (exact) mass is 1570 g/mol. The Hall–Kier alpha value is -10.9. The molecule has 43 heteroatoms. The summed E-state index contributed by atoms with van der Waals surface area (Å²) in [6, 6.07) is -18.1. The average Bonchev–Trinajstić information content (AvgIpc) is 1.65. The minimum absolute atomic E-state index is 0.000820. The van der Waals surface area contributed by atoms with Gasteiger partial charge in [-0.15, -0.1) is 0 Å². The molecule has 4 fully saturated rings. The van der Waals surface area contributed by atoms with Crippen molar-refractivity contribution in [3.63, 3.8) is 0 Å². The summed E-state index contributed by atoms with van der Waals surface area (Å²) in [7, 11) is 0. The smallest absolute Gasteiger partial charge is 0.326 e. The van der Waals surface area contributed by atoms with E-state index in [-0.39, 0.29) is 115 Å². The molecule has 4 saturated heterocycles. The number of nitrogens with zero attached hydrogens (tertiary/aromatic N) is 4. The first-order valence-corrected chi connectivity index (χ1v) is 37.1. The van der Waals surface area contributed by atoms with Crippen LogP contribution in [0.1, 0.15) is 157 Å². The van der Waals surface area contributed by atoms with Crippen LogP contribution in [0.25, 0.3) is 0 Å². The van der Waals surface area contributed by atoms with Gasteiger partial charge in [0.1, 0.15) is 78.5 Å².